The summed E-state index contributed by atoms with van der Waals surface area (Å²) in [4.78, 5) is 4.57. The van der Waals surface area contributed by atoms with Crippen molar-refractivity contribution in [2.45, 2.75) is 19.9 Å². The molecule has 0 bridgehead atoms. The number of hydrogen-bond acceptors (Lipinski definition) is 6. The van der Waals surface area contributed by atoms with Crippen LogP contribution >= 0.6 is 11.3 Å². The summed E-state index contributed by atoms with van der Waals surface area (Å²) in [7, 11) is 1.57. The lowest BCUT2D eigenvalue weighted by atomic mass is 10.2. The van der Waals surface area contributed by atoms with Gasteiger partial charge in [0.15, 0.2) is 0 Å². The molecule has 0 saturated heterocycles. The summed E-state index contributed by atoms with van der Waals surface area (Å²) >= 11 is 1.58. The van der Waals surface area contributed by atoms with Gasteiger partial charge in [0.05, 0.1) is 12.8 Å². The second-order valence-electron chi connectivity index (χ2n) is 3.82. The smallest absolute Gasteiger partial charge is 0.233 e. The molecular weight excluding hydrogens is 248 g/mol. The molecule has 2 aromatic rings. The number of methoxy groups -OCH3 is 1. The van der Waals surface area contributed by atoms with Crippen LogP contribution in [0.5, 0.6) is 5.88 Å². The fraction of sp³-hybridized carbons (Fsp3) is 0.417. The highest BCUT2D eigenvalue weighted by Crippen LogP contribution is 2.24. The molecule has 1 N–H and O–H groups in total. The topological polar surface area (TPSA) is 59.9 Å². The van der Waals surface area contributed by atoms with Gasteiger partial charge in [-0.1, -0.05) is 6.92 Å². The van der Waals surface area contributed by atoms with E-state index in [1.807, 2.05) is 6.07 Å². The Labute approximate surface area is 110 Å². The lowest BCUT2D eigenvalue weighted by Crippen LogP contribution is -2.17. The van der Waals surface area contributed by atoms with E-state index in [9.17, 15) is 0 Å². The van der Waals surface area contributed by atoms with E-state index in [0.717, 1.165) is 22.9 Å². The number of nitrogens with zero attached hydrogens (tertiary/aromatic N) is 3. The number of rotatable bonds is 5. The second kappa shape index (κ2) is 5.88. The zero-order chi connectivity index (χ0) is 13.0. The van der Waals surface area contributed by atoms with E-state index in [1.54, 1.807) is 24.5 Å². The highest BCUT2D eigenvalue weighted by Gasteiger charge is 2.11. The molecule has 2 rings (SSSR count). The Morgan fingerprint density at radius 3 is 2.83 bits per heavy atom. The van der Waals surface area contributed by atoms with Crippen LogP contribution in [0.25, 0.3) is 10.7 Å². The van der Waals surface area contributed by atoms with Gasteiger partial charge < -0.3 is 10.1 Å². The van der Waals surface area contributed by atoms with Crippen molar-refractivity contribution in [2.24, 2.45) is 0 Å². The Kier molecular flexibility index (Phi) is 4.22. The maximum absolute atomic E-state index is 4.98. The molecule has 0 aromatic carbocycles. The summed E-state index contributed by atoms with van der Waals surface area (Å²) in [5.74, 6) is 0.511. The first-order chi connectivity index (χ1) is 8.74. The van der Waals surface area contributed by atoms with Gasteiger partial charge in [0.1, 0.15) is 10.7 Å². The molecule has 2 aromatic heterocycles. The van der Waals surface area contributed by atoms with Crippen LogP contribution < -0.4 is 10.1 Å². The van der Waals surface area contributed by atoms with Crippen molar-refractivity contribution >= 4 is 11.3 Å². The Morgan fingerprint density at radius 2 is 2.22 bits per heavy atom. The van der Waals surface area contributed by atoms with Gasteiger partial charge in [-0.3, -0.25) is 0 Å². The highest BCUT2D eigenvalue weighted by atomic mass is 32.1. The van der Waals surface area contributed by atoms with E-state index in [0.29, 0.717) is 5.88 Å². The van der Waals surface area contributed by atoms with Crippen LogP contribution in [0.4, 0.5) is 0 Å². The lowest BCUT2D eigenvalue weighted by Gasteiger charge is -2.08. The average molecular weight is 264 g/mol. The third kappa shape index (κ3) is 2.83. The summed E-state index contributed by atoms with van der Waals surface area (Å²) in [6.45, 7) is 5.11. The van der Waals surface area contributed by atoms with E-state index < -0.39 is 0 Å². The first-order valence-corrected chi connectivity index (χ1v) is 6.69. The van der Waals surface area contributed by atoms with Gasteiger partial charge in [-0.2, -0.15) is 0 Å². The van der Waals surface area contributed by atoms with Crippen LogP contribution in [0.2, 0.25) is 0 Å². The summed E-state index contributed by atoms with van der Waals surface area (Å²) in [5.41, 5.74) is 1.81. The first kappa shape index (κ1) is 12.9. The van der Waals surface area contributed by atoms with Gasteiger partial charge in [0.2, 0.25) is 5.88 Å². The molecule has 0 spiro atoms. The number of thiazole rings is 1. The molecule has 96 valence electrons. The van der Waals surface area contributed by atoms with Gasteiger partial charge in [-0.25, -0.2) is 4.98 Å². The normalized spacial score (nSPS) is 12.4. The van der Waals surface area contributed by atoms with Gasteiger partial charge in [-0.05, 0) is 19.5 Å². The van der Waals surface area contributed by atoms with Crippen LogP contribution in [0, 0.1) is 0 Å². The Bertz CT molecular complexity index is 497. The molecule has 1 unspecified atom stereocenters. The molecule has 0 aliphatic rings. The minimum absolute atomic E-state index is 0.256. The predicted octanol–water partition coefficient (Wildman–Crippen LogP) is 2.28. The van der Waals surface area contributed by atoms with Crippen molar-refractivity contribution in [1.29, 1.82) is 0 Å². The fourth-order valence-electron chi connectivity index (χ4n) is 1.56. The standard InChI is InChI=1S/C12H16N4OS/c1-4-13-8(2)10-7-18-12(14-10)9-5-6-11(17-3)16-15-9/h5-8,13H,4H2,1-3H3. The SMILES string of the molecule is CCNC(C)c1csc(-c2ccc(OC)nn2)n1. The quantitative estimate of drug-likeness (QED) is 0.897. The van der Waals surface area contributed by atoms with E-state index in [-0.39, 0.29) is 6.04 Å². The molecule has 2 heterocycles. The molecule has 0 aliphatic heterocycles. The predicted molar refractivity (Wildman–Crippen MR) is 71.8 cm³/mol. The molecule has 5 nitrogen and oxygen atoms in total. The van der Waals surface area contributed by atoms with Crippen LogP contribution in [-0.2, 0) is 0 Å². The highest BCUT2D eigenvalue weighted by molar-refractivity contribution is 7.13. The largest absolute Gasteiger partial charge is 0.480 e. The number of nitrogens with one attached hydrogen (secondary N) is 1. The third-order valence-electron chi connectivity index (χ3n) is 2.54. The minimum atomic E-state index is 0.256. The van der Waals surface area contributed by atoms with Crippen molar-refractivity contribution in [2.75, 3.05) is 13.7 Å². The zero-order valence-corrected chi connectivity index (χ0v) is 11.5. The molecule has 0 saturated carbocycles. The molecule has 1 atom stereocenters. The Balaban J connectivity index is 2.18. The number of aromatic nitrogens is 3. The molecule has 0 amide bonds. The maximum atomic E-state index is 4.98. The van der Waals surface area contributed by atoms with Crippen LogP contribution in [0.15, 0.2) is 17.5 Å². The van der Waals surface area contributed by atoms with E-state index >= 15 is 0 Å². The summed E-state index contributed by atoms with van der Waals surface area (Å²) in [6.07, 6.45) is 0. The van der Waals surface area contributed by atoms with Gasteiger partial charge >= 0.3 is 0 Å². The second-order valence-corrected chi connectivity index (χ2v) is 4.68. The van der Waals surface area contributed by atoms with Gasteiger partial charge in [0, 0.05) is 17.5 Å². The molecule has 0 radical (unpaired) electrons. The zero-order valence-electron chi connectivity index (χ0n) is 10.7. The summed E-state index contributed by atoms with van der Waals surface area (Å²) in [6, 6.07) is 3.91. The van der Waals surface area contributed by atoms with Gasteiger partial charge in [-0.15, -0.1) is 21.5 Å². The summed E-state index contributed by atoms with van der Waals surface area (Å²) in [5, 5.41) is 14.3. The van der Waals surface area contributed by atoms with Crippen molar-refractivity contribution in [3.63, 3.8) is 0 Å². The third-order valence-corrected chi connectivity index (χ3v) is 3.43. The fourth-order valence-corrected chi connectivity index (χ4v) is 2.43. The van der Waals surface area contributed by atoms with Crippen LogP contribution in [0.1, 0.15) is 25.6 Å². The molecule has 0 fully saturated rings. The molecule has 0 aliphatic carbocycles. The van der Waals surface area contributed by atoms with Crippen LogP contribution in [0.3, 0.4) is 0 Å². The first-order valence-electron chi connectivity index (χ1n) is 5.81. The molecule has 18 heavy (non-hydrogen) atoms. The summed E-state index contributed by atoms with van der Waals surface area (Å²) < 4.78 is 4.98. The monoisotopic (exact) mass is 264 g/mol. The van der Waals surface area contributed by atoms with E-state index in [4.69, 9.17) is 4.74 Å². The van der Waals surface area contributed by atoms with Crippen molar-refractivity contribution in [1.82, 2.24) is 20.5 Å². The van der Waals surface area contributed by atoms with E-state index in [2.05, 4.69) is 39.7 Å². The lowest BCUT2D eigenvalue weighted by molar-refractivity contribution is 0.392. The number of ether oxygens (including phenoxy) is 1. The van der Waals surface area contributed by atoms with Crippen molar-refractivity contribution in [3.8, 4) is 16.6 Å². The van der Waals surface area contributed by atoms with E-state index in [1.165, 1.54) is 0 Å². The van der Waals surface area contributed by atoms with Crippen molar-refractivity contribution < 1.29 is 4.74 Å². The van der Waals surface area contributed by atoms with Gasteiger partial charge in [0.25, 0.3) is 0 Å². The number of hydrogen-bond donors (Lipinski definition) is 1. The molecule has 6 heteroatoms. The minimum Gasteiger partial charge on any atom is -0.480 e. The Morgan fingerprint density at radius 1 is 1.39 bits per heavy atom. The van der Waals surface area contributed by atoms with Crippen molar-refractivity contribution in [3.05, 3.63) is 23.2 Å². The molecular formula is C12H16N4OS. The average Bonchev–Trinajstić information content (AvgIpc) is 2.89. The van der Waals surface area contributed by atoms with Crippen LogP contribution in [-0.4, -0.2) is 28.8 Å². The Hall–Kier alpha value is -1.53. The maximum Gasteiger partial charge on any atom is 0.233 e.